The smallest absolute Gasteiger partial charge is 0.335 e. The zero-order valence-corrected chi connectivity index (χ0v) is 14.7. The molecule has 6 heteroatoms. The second kappa shape index (κ2) is 10.2. The first-order valence-electron chi connectivity index (χ1n) is 8.38. The average Bonchev–Trinajstić information content (AvgIpc) is 2.65. The van der Waals surface area contributed by atoms with E-state index in [0.717, 1.165) is 11.3 Å². The lowest BCUT2D eigenvalue weighted by Crippen LogP contribution is -2.26. The normalized spacial score (nSPS) is 10.3. The Morgan fingerprint density at radius 1 is 1.08 bits per heavy atom. The van der Waals surface area contributed by atoms with Crippen LogP contribution in [0.25, 0.3) is 0 Å². The Morgan fingerprint density at radius 3 is 2.54 bits per heavy atom. The summed E-state index contributed by atoms with van der Waals surface area (Å²) in [4.78, 5) is 22.8. The van der Waals surface area contributed by atoms with E-state index in [0.29, 0.717) is 31.7 Å². The second-order valence-corrected chi connectivity index (χ2v) is 5.79. The van der Waals surface area contributed by atoms with Crippen LogP contribution in [0, 0.1) is 0 Å². The summed E-state index contributed by atoms with van der Waals surface area (Å²) in [6, 6.07) is 14.1. The van der Waals surface area contributed by atoms with E-state index in [1.54, 1.807) is 19.2 Å². The summed E-state index contributed by atoms with van der Waals surface area (Å²) in [5.41, 5.74) is 1.92. The van der Waals surface area contributed by atoms with Crippen molar-refractivity contribution in [2.45, 2.75) is 19.4 Å². The largest absolute Gasteiger partial charge is 0.497 e. The third kappa shape index (κ3) is 6.57. The van der Waals surface area contributed by atoms with Crippen molar-refractivity contribution < 1.29 is 24.2 Å². The van der Waals surface area contributed by atoms with Crippen LogP contribution in [-0.4, -0.2) is 37.2 Å². The predicted octanol–water partition coefficient (Wildman–Crippen LogP) is 2.66. The number of hydrogen-bond acceptors (Lipinski definition) is 4. The molecule has 0 unspecified atom stereocenters. The Bertz CT molecular complexity index is 727. The topological polar surface area (TPSA) is 84.9 Å². The molecule has 0 fully saturated rings. The van der Waals surface area contributed by atoms with Crippen molar-refractivity contribution >= 4 is 11.9 Å². The van der Waals surface area contributed by atoms with Crippen LogP contribution in [0.3, 0.4) is 0 Å². The van der Waals surface area contributed by atoms with Gasteiger partial charge in [-0.1, -0.05) is 24.3 Å². The van der Waals surface area contributed by atoms with Crippen molar-refractivity contribution in [2.75, 3.05) is 20.3 Å². The molecular weight excluding hydrogens is 334 g/mol. The van der Waals surface area contributed by atoms with Crippen molar-refractivity contribution in [2.24, 2.45) is 0 Å². The van der Waals surface area contributed by atoms with Crippen LogP contribution in [-0.2, 0) is 22.6 Å². The molecule has 2 aromatic carbocycles. The molecule has 0 radical (unpaired) electrons. The summed E-state index contributed by atoms with van der Waals surface area (Å²) in [5.74, 6) is -0.325. The Balaban J connectivity index is 1.61. The number of rotatable bonds is 10. The number of aromatic carboxylic acids is 1. The molecule has 6 nitrogen and oxygen atoms in total. The van der Waals surface area contributed by atoms with Gasteiger partial charge in [-0.3, -0.25) is 4.79 Å². The number of nitrogens with one attached hydrogen (secondary N) is 1. The number of ether oxygens (including phenoxy) is 2. The van der Waals surface area contributed by atoms with Gasteiger partial charge in [0.2, 0.25) is 5.91 Å². The lowest BCUT2D eigenvalue weighted by Gasteiger charge is -2.07. The van der Waals surface area contributed by atoms with Crippen molar-refractivity contribution in [3.63, 3.8) is 0 Å². The summed E-state index contributed by atoms with van der Waals surface area (Å²) in [6.07, 6.45) is 0.866. The number of carboxylic acids is 1. The van der Waals surface area contributed by atoms with E-state index >= 15 is 0 Å². The molecule has 26 heavy (non-hydrogen) atoms. The quantitative estimate of drug-likeness (QED) is 0.639. The zero-order valence-electron chi connectivity index (χ0n) is 14.7. The van der Waals surface area contributed by atoms with E-state index in [9.17, 15) is 9.59 Å². The monoisotopic (exact) mass is 357 g/mol. The first-order chi connectivity index (χ1) is 12.6. The molecular formula is C20H23NO5. The van der Waals surface area contributed by atoms with Gasteiger partial charge in [0.05, 0.1) is 25.7 Å². The van der Waals surface area contributed by atoms with Crippen LogP contribution in [0.4, 0.5) is 0 Å². The highest BCUT2D eigenvalue weighted by Crippen LogP contribution is 2.12. The molecule has 0 aliphatic carbocycles. The van der Waals surface area contributed by atoms with Crippen LogP contribution in [0.5, 0.6) is 5.75 Å². The highest BCUT2D eigenvalue weighted by Gasteiger charge is 2.07. The van der Waals surface area contributed by atoms with Crippen molar-refractivity contribution in [3.8, 4) is 5.75 Å². The summed E-state index contributed by atoms with van der Waals surface area (Å²) in [7, 11) is 1.63. The number of hydrogen-bond donors (Lipinski definition) is 2. The minimum Gasteiger partial charge on any atom is -0.497 e. The number of methoxy groups -OCH3 is 1. The minimum atomic E-state index is -0.999. The molecule has 1 amide bonds. The van der Waals surface area contributed by atoms with Gasteiger partial charge >= 0.3 is 5.97 Å². The van der Waals surface area contributed by atoms with Gasteiger partial charge in [-0.2, -0.15) is 0 Å². The maximum atomic E-state index is 11.9. The van der Waals surface area contributed by atoms with Crippen LogP contribution in [0.1, 0.15) is 27.9 Å². The molecule has 0 saturated heterocycles. The van der Waals surface area contributed by atoms with Crippen molar-refractivity contribution in [3.05, 3.63) is 65.2 Å². The zero-order chi connectivity index (χ0) is 18.8. The first-order valence-corrected chi connectivity index (χ1v) is 8.38. The molecule has 2 aromatic rings. The van der Waals surface area contributed by atoms with Crippen molar-refractivity contribution in [1.29, 1.82) is 0 Å². The molecule has 2 N–H and O–H groups in total. The SMILES string of the molecule is COc1ccc(COCCCNC(=O)Cc2cccc(C(=O)O)c2)cc1. The maximum absolute atomic E-state index is 11.9. The van der Waals surface area contributed by atoms with Gasteiger partial charge in [-0.05, 0) is 41.8 Å². The molecule has 0 saturated carbocycles. The molecule has 0 atom stereocenters. The Labute approximate surface area is 152 Å². The van der Waals surface area contributed by atoms with E-state index in [-0.39, 0.29) is 17.9 Å². The lowest BCUT2D eigenvalue weighted by atomic mass is 10.1. The number of carbonyl (C=O) groups is 2. The third-order valence-electron chi connectivity index (χ3n) is 3.75. The first kappa shape index (κ1) is 19.5. The molecule has 0 aliphatic heterocycles. The van der Waals surface area contributed by atoms with Gasteiger partial charge in [0.25, 0.3) is 0 Å². The second-order valence-electron chi connectivity index (χ2n) is 5.79. The highest BCUT2D eigenvalue weighted by molar-refractivity contribution is 5.88. The Kier molecular flexibility index (Phi) is 7.64. The molecule has 0 spiro atoms. The van der Waals surface area contributed by atoms with Gasteiger partial charge in [0.1, 0.15) is 5.75 Å². The van der Waals surface area contributed by atoms with E-state index in [4.69, 9.17) is 14.6 Å². The number of amides is 1. The average molecular weight is 357 g/mol. The van der Waals surface area contributed by atoms with Crippen LogP contribution in [0.2, 0.25) is 0 Å². The van der Waals surface area contributed by atoms with Crippen LogP contribution in [0.15, 0.2) is 48.5 Å². The maximum Gasteiger partial charge on any atom is 0.335 e. The molecule has 0 aliphatic rings. The highest BCUT2D eigenvalue weighted by atomic mass is 16.5. The molecule has 0 bridgehead atoms. The fraction of sp³-hybridized carbons (Fsp3) is 0.300. The van der Waals surface area contributed by atoms with Gasteiger partial charge < -0.3 is 19.9 Å². The van der Waals surface area contributed by atoms with Crippen LogP contribution >= 0.6 is 0 Å². The number of benzene rings is 2. The van der Waals surface area contributed by atoms with E-state index in [2.05, 4.69) is 5.32 Å². The van der Waals surface area contributed by atoms with Gasteiger partial charge in [-0.15, -0.1) is 0 Å². The fourth-order valence-corrected chi connectivity index (χ4v) is 2.38. The van der Waals surface area contributed by atoms with E-state index < -0.39 is 5.97 Å². The van der Waals surface area contributed by atoms with Gasteiger partial charge in [0, 0.05) is 13.2 Å². The predicted molar refractivity (Wildman–Crippen MR) is 97.4 cm³/mol. The standard InChI is InChI=1S/C20H23NO5/c1-25-18-8-6-15(7-9-18)14-26-11-3-10-21-19(22)13-16-4-2-5-17(12-16)20(23)24/h2,4-9,12H,3,10-11,13-14H2,1H3,(H,21,22)(H,23,24). The molecule has 0 aromatic heterocycles. The third-order valence-corrected chi connectivity index (χ3v) is 3.75. The lowest BCUT2D eigenvalue weighted by molar-refractivity contribution is -0.120. The van der Waals surface area contributed by atoms with Crippen molar-refractivity contribution in [1.82, 2.24) is 5.32 Å². The summed E-state index contributed by atoms with van der Waals surface area (Å²) < 4.78 is 10.7. The van der Waals surface area contributed by atoms with Crippen LogP contribution < -0.4 is 10.1 Å². The molecule has 2 rings (SSSR count). The molecule has 138 valence electrons. The number of carbonyl (C=O) groups excluding carboxylic acids is 1. The summed E-state index contributed by atoms with van der Waals surface area (Å²) >= 11 is 0. The number of carboxylic acid groups (broad SMARTS) is 1. The minimum absolute atomic E-state index is 0.136. The van der Waals surface area contributed by atoms with Gasteiger partial charge in [-0.25, -0.2) is 4.79 Å². The van der Waals surface area contributed by atoms with E-state index in [1.807, 2.05) is 24.3 Å². The fourth-order valence-electron chi connectivity index (χ4n) is 2.38. The summed E-state index contributed by atoms with van der Waals surface area (Å²) in [5, 5.41) is 11.8. The molecule has 0 heterocycles. The van der Waals surface area contributed by atoms with Gasteiger partial charge in [0.15, 0.2) is 0 Å². The summed E-state index contributed by atoms with van der Waals surface area (Å²) in [6.45, 7) is 1.57. The Hall–Kier alpha value is -2.86. The van der Waals surface area contributed by atoms with E-state index in [1.165, 1.54) is 12.1 Å². The Morgan fingerprint density at radius 2 is 1.85 bits per heavy atom.